The van der Waals surface area contributed by atoms with Gasteiger partial charge in [-0.2, -0.15) is 0 Å². The predicted octanol–water partition coefficient (Wildman–Crippen LogP) is 4.50. The van der Waals surface area contributed by atoms with E-state index < -0.39 is 17.4 Å². The van der Waals surface area contributed by atoms with Gasteiger partial charge in [-0.3, -0.25) is 4.79 Å². The summed E-state index contributed by atoms with van der Waals surface area (Å²) >= 11 is 0. The minimum Gasteiger partial charge on any atom is -0.487 e. The summed E-state index contributed by atoms with van der Waals surface area (Å²) in [7, 11) is 0. The number of benzene rings is 3. The van der Waals surface area contributed by atoms with Crippen molar-refractivity contribution in [1.29, 1.82) is 0 Å². The number of amides is 1. The van der Waals surface area contributed by atoms with Gasteiger partial charge in [-0.15, -0.1) is 0 Å². The quantitative estimate of drug-likeness (QED) is 0.635. The second-order valence-corrected chi connectivity index (χ2v) is 8.29. The maximum atomic E-state index is 12.9. The average Bonchev–Trinajstić information content (AvgIpc) is 3.19. The van der Waals surface area contributed by atoms with Crippen LogP contribution in [-0.2, 0) is 24.2 Å². The zero-order valence-corrected chi connectivity index (χ0v) is 17.2. The van der Waals surface area contributed by atoms with Crippen molar-refractivity contribution in [2.24, 2.45) is 0 Å². The number of rotatable bonds is 6. The molecule has 3 aromatic carbocycles. The number of ether oxygens (including phenoxy) is 1. The van der Waals surface area contributed by atoms with E-state index in [1.807, 2.05) is 30.3 Å². The van der Waals surface area contributed by atoms with Crippen molar-refractivity contribution in [3.8, 4) is 5.75 Å². The van der Waals surface area contributed by atoms with Gasteiger partial charge in [-0.25, -0.2) is 4.79 Å². The zero-order chi connectivity index (χ0) is 21.3. The van der Waals surface area contributed by atoms with Crippen LogP contribution in [0.25, 0.3) is 10.8 Å². The molecule has 0 bridgehead atoms. The number of carboxylic acid groups (broad SMARTS) is 1. The molecule has 5 nitrogen and oxygen atoms in total. The molecule has 0 radical (unpaired) electrons. The average molecular weight is 403 g/mol. The molecule has 0 spiro atoms. The molecule has 0 heterocycles. The van der Waals surface area contributed by atoms with Crippen molar-refractivity contribution in [2.75, 3.05) is 0 Å². The van der Waals surface area contributed by atoms with E-state index in [4.69, 9.17) is 4.74 Å². The van der Waals surface area contributed by atoms with E-state index in [-0.39, 0.29) is 0 Å². The van der Waals surface area contributed by atoms with Crippen molar-refractivity contribution in [1.82, 2.24) is 5.32 Å². The summed E-state index contributed by atoms with van der Waals surface area (Å²) in [6, 6.07) is 17.6. The first-order chi connectivity index (χ1) is 14.3. The Kier molecular flexibility index (Phi) is 5.20. The Bertz CT molecular complexity index is 1130. The first-order valence-corrected chi connectivity index (χ1v) is 10.2. The molecule has 4 rings (SSSR count). The lowest BCUT2D eigenvalue weighted by atomic mass is 10.0. The fourth-order valence-electron chi connectivity index (χ4n) is 3.85. The first kappa shape index (κ1) is 20.0. The molecule has 0 aliphatic heterocycles. The standard InChI is InChI=1S/C25H25NO4/c1-25(2,24(28)29)26-23(27)21-13-12-18-6-3-4-9-20(18)22(21)30-15-16-10-11-17-7-5-8-19(17)14-16/h3-4,6,9-14H,5,7-8,15H2,1-2H3,(H,26,27)(H,28,29). The Morgan fingerprint density at radius 1 is 1.03 bits per heavy atom. The van der Waals surface area contributed by atoms with E-state index >= 15 is 0 Å². The van der Waals surface area contributed by atoms with Crippen LogP contribution in [0.4, 0.5) is 0 Å². The van der Waals surface area contributed by atoms with Gasteiger partial charge in [0.1, 0.15) is 17.9 Å². The van der Waals surface area contributed by atoms with Crippen molar-refractivity contribution in [3.05, 3.63) is 76.9 Å². The monoisotopic (exact) mass is 403 g/mol. The number of carboxylic acids is 1. The van der Waals surface area contributed by atoms with Crippen LogP contribution in [0.5, 0.6) is 5.75 Å². The molecule has 1 amide bonds. The highest BCUT2D eigenvalue weighted by Crippen LogP contribution is 2.31. The summed E-state index contributed by atoms with van der Waals surface area (Å²) < 4.78 is 6.18. The molecule has 154 valence electrons. The Balaban J connectivity index is 1.67. The molecule has 0 saturated carbocycles. The van der Waals surface area contributed by atoms with E-state index in [9.17, 15) is 14.7 Å². The maximum absolute atomic E-state index is 12.9. The summed E-state index contributed by atoms with van der Waals surface area (Å²) in [4.78, 5) is 24.4. The van der Waals surface area contributed by atoms with E-state index in [2.05, 4.69) is 23.5 Å². The number of hydrogen-bond acceptors (Lipinski definition) is 3. The van der Waals surface area contributed by atoms with Gasteiger partial charge in [0, 0.05) is 5.39 Å². The number of carbonyl (C=O) groups excluding carboxylic acids is 1. The third kappa shape index (κ3) is 3.88. The zero-order valence-electron chi connectivity index (χ0n) is 17.2. The van der Waals surface area contributed by atoms with Gasteiger partial charge >= 0.3 is 5.97 Å². The molecule has 0 aromatic heterocycles. The molecular weight excluding hydrogens is 378 g/mol. The molecule has 30 heavy (non-hydrogen) atoms. The Labute approximate surface area is 175 Å². The molecule has 0 fully saturated rings. The van der Waals surface area contributed by atoms with Crippen LogP contribution in [0.3, 0.4) is 0 Å². The summed E-state index contributed by atoms with van der Waals surface area (Å²) in [5.74, 6) is -1.11. The van der Waals surface area contributed by atoms with Gasteiger partial charge < -0.3 is 15.2 Å². The van der Waals surface area contributed by atoms with Crippen molar-refractivity contribution in [2.45, 2.75) is 45.3 Å². The van der Waals surface area contributed by atoms with E-state index in [1.54, 1.807) is 6.07 Å². The Morgan fingerprint density at radius 2 is 1.80 bits per heavy atom. The molecule has 1 aliphatic rings. The molecule has 3 aromatic rings. The highest BCUT2D eigenvalue weighted by Gasteiger charge is 2.30. The van der Waals surface area contributed by atoms with Gasteiger partial charge in [-0.05, 0) is 61.3 Å². The second-order valence-electron chi connectivity index (χ2n) is 8.29. The van der Waals surface area contributed by atoms with Gasteiger partial charge in [-0.1, -0.05) is 48.5 Å². The fourth-order valence-corrected chi connectivity index (χ4v) is 3.85. The highest BCUT2D eigenvalue weighted by molar-refractivity contribution is 6.05. The minimum atomic E-state index is -1.39. The summed E-state index contributed by atoms with van der Waals surface area (Å²) in [6.07, 6.45) is 3.41. The predicted molar refractivity (Wildman–Crippen MR) is 116 cm³/mol. The van der Waals surface area contributed by atoms with Crippen LogP contribution < -0.4 is 10.1 Å². The highest BCUT2D eigenvalue weighted by atomic mass is 16.5. The van der Waals surface area contributed by atoms with Crippen molar-refractivity contribution < 1.29 is 19.4 Å². The van der Waals surface area contributed by atoms with Crippen LogP contribution in [0.1, 0.15) is 47.3 Å². The van der Waals surface area contributed by atoms with Gasteiger partial charge in [0.05, 0.1) is 5.56 Å². The minimum absolute atomic E-state index is 0.323. The molecule has 1 aliphatic carbocycles. The first-order valence-electron chi connectivity index (χ1n) is 10.2. The number of aliphatic carboxylic acids is 1. The lowest BCUT2D eigenvalue weighted by Gasteiger charge is -2.22. The molecule has 0 atom stereocenters. The van der Waals surface area contributed by atoms with Crippen molar-refractivity contribution in [3.63, 3.8) is 0 Å². The maximum Gasteiger partial charge on any atom is 0.328 e. The number of aryl methyl sites for hydroxylation is 2. The van der Waals surface area contributed by atoms with E-state index in [1.165, 1.54) is 31.4 Å². The number of carbonyl (C=O) groups is 2. The van der Waals surface area contributed by atoms with Crippen LogP contribution in [0.2, 0.25) is 0 Å². The lowest BCUT2D eigenvalue weighted by molar-refractivity contribution is -0.143. The van der Waals surface area contributed by atoms with Gasteiger partial charge in [0.15, 0.2) is 0 Å². The smallest absolute Gasteiger partial charge is 0.328 e. The summed E-state index contributed by atoms with van der Waals surface area (Å²) in [5, 5.41) is 13.7. The molecular formula is C25H25NO4. The van der Waals surface area contributed by atoms with Crippen LogP contribution >= 0.6 is 0 Å². The second kappa shape index (κ2) is 7.82. The topological polar surface area (TPSA) is 75.6 Å². The SMILES string of the molecule is CC(C)(NC(=O)c1ccc2ccccc2c1OCc1ccc2c(c1)CCC2)C(=O)O. The van der Waals surface area contributed by atoms with Crippen molar-refractivity contribution >= 4 is 22.6 Å². The Morgan fingerprint density at radius 3 is 2.60 bits per heavy atom. The van der Waals surface area contributed by atoms with Crippen LogP contribution in [-0.4, -0.2) is 22.5 Å². The van der Waals surface area contributed by atoms with Crippen LogP contribution in [0.15, 0.2) is 54.6 Å². The number of fused-ring (bicyclic) bond motifs is 2. The molecule has 0 unspecified atom stereocenters. The van der Waals surface area contributed by atoms with E-state index in [0.29, 0.717) is 17.9 Å². The number of nitrogens with one attached hydrogen (secondary N) is 1. The van der Waals surface area contributed by atoms with Gasteiger partial charge in [0.25, 0.3) is 5.91 Å². The van der Waals surface area contributed by atoms with E-state index in [0.717, 1.165) is 29.2 Å². The molecule has 0 saturated heterocycles. The normalized spacial score (nSPS) is 13.1. The summed E-state index contributed by atoms with van der Waals surface area (Å²) in [5.41, 5.74) is 2.76. The third-order valence-corrected chi connectivity index (χ3v) is 5.63. The molecule has 5 heteroatoms. The van der Waals surface area contributed by atoms with Gasteiger partial charge in [0.2, 0.25) is 0 Å². The lowest BCUT2D eigenvalue weighted by Crippen LogP contribution is -2.49. The number of hydrogen-bond donors (Lipinski definition) is 2. The largest absolute Gasteiger partial charge is 0.487 e. The third-order valence-electron chi connectivity index (χ3n) is 5.63. The summed E-state index contributed by atoms with van der Waals surface area (Å²) in [6.45, 7) is 3.25. The fraction of sp³-hybridized carbons (Fsp3) is 0.280. The Hall–Kier alpha value is -3.34. The van der Waals surface area contributed by atoms with Crippen LogP contribution in [0, 0.1) is 0 Å². The molecule has 2 N–H and O–H groups in total.